The van der Waals surface area contributed by atoms with Gasteiger partial charge in [-0.15, -0.1) is 22.7 Å². The van der Waals surface area contributed by atoms with Crippen molar-refractivity contribution in [2.45, 2.75) is 27.9 Å². The second-order valence-electron chi connectivity index (χ2n) is 4.96. The van der Waals surface area contributed by atoms with E-state index in [-0.39, 0.29) is 10.3 Å². The highest BCUT2D eigenvalue weighted by Gasteiger charge is 2.30. The van der Waals surface area contributed by atoms with E-state index in [0.717, 1.165) is 29.4 Å². The summed E-state index contributed by atoms with van der Waals surface area (Å²) in [5.74, 6) is 0. The molecule has 3 heterocycles. The third kappa shape index (κ3) is 3.56. The third-order valence-corrected chi connectivity index (χ3v) is 7.96. The Labute approximate surface area is 142 Å². The molecule has 9 heteroatoms. The quantitative estimate of drug-likeness (QED) is 0.786. The van der Waals surface area contributed by atoms with Crippen LogP contribution in [0.4, 0.5) is 0 Å². The van der Waals surface area contributed by atoms with E-state index >= 15 is 0 Å². The van der Waals surface area contributed by atoms with E-state index in [1.54, 1.807) is 29.4 Å². The molecule has 0 saturated carbocycles. The topological polar surface area (TPSA) is 75.4 Å². The lowest BCUT2D eigenvalue weighted by Crippen LogP contribution is -2.34. The molecule has 0 radical (unpaired) electrons. The molecule has 5 nitrogen and oxygen atoms in total. The molecule has 0 spiro atoms. The van der Waals surface area contributed by atoms with Crippen molar-refractivity contribution in [1.82, 2.24) is 9.62 Å². The molecule has 0 aliphatic carbocycles. The van der Waals surface area contributed by atoms with Crippen molar-refractivity contribution in [3.63, 3.8) is 0 Å². The van der Waals surface area contributed by atoms with Crippen LogP contribution in [0.2, 0.25) is 0 Å². The van der Waals surface area contributed by atoms with Gasteiger partial charge in [0.1, 0.15) is 4.21 Å². The predicted molar refractivity (Wildman–Crippen MR) is 92.7 cm³/mol. The highest BCUT2D eigenvalue weighted by molar-refractivity contribution is 7.99. The van der Waals surface area contributed by atoms with Gasteiger partial charge in [0.2, 0.25) is 10.0 Å². The zero-order chi connectivity index (χ0) is 15.7. The van der Waals surface area contributed by atoms with Gasteiger partial charge in [0, 0.05) is 24.0 Å². The molecule has 0 saturated heterocycles. The molecule has 22 heavy (non-hydrogen) atoms. The zero-order valence-electron chi connectivity index (χ0n) is 12.0. The fourth-order valence-corrected chi connectivity index (χ4v) is 6.73. The van der Waals surface area contributed by atoms with E-state index in [1.165, 1.54) is 16.2 Å². The SMILES string of the molecule is CCNC1CN(Cc2cccs2)Sc2sc(S(N)(=O)=O)cc21. The summed E-state index contributed by atoms with van der Waals surface area (Å²) in [4.78, 5) is 1.30. The average Bonchev–Trinajstić information content (AvgIpc) is 3.07. The van der Waals surface area contributed by atoms with Crippen molar-refractivity contribution in [3.05, 3.63) is 34.0 Å². The molecule has 0 aromatic carbocycles. The number of thiophene rings is 2. The minimum atomic E-state index is -3.64. The average molecular weight is 376 g/mol. The number of sulfonamides is 1. The molecule has 2 aromatic heterocycles. The molecule has 1 atom stereocenters. The van der Waals surface area contributed by atoms with Crippen LogP contribution >= 0.6 is 34.6 Å². The van der Waals surface area contributed by atoms with Crippen molar-refractivity contribution in [1.29, 1.82) is 0 Å². The molecule has 1 unspecified atom stereocenters. The molecule has 3 rings (SSSR count). The lowest BCUT2D eigenvalue weighted by atomic mass is 10.1. The summed E-state index contributed by atoms with van der Waals surface area (Å²) in [6, 6.07) is 6.02. The van der Waals surface area contributed by atoms with Gasteiger partial charge in [0.15, 0.2) is 0 Å². The van der Waals surface area contributed by atoms with Gasteiger partial charge in [0.25, 0.3) is 0 Å². The van der Waals surface area contributed by atoms with Crippen LogP contribution in [0.25, 0.3) is 0 Å². The summed E-state index contributed by atoms with van der Waals surface area (Å²) >= 11 is 4.61. The van der Waals surface area contributed by atoms with Crippen LogP contribution in [-0.2, 0) is 16.6 Å². The second-order valence-corrected chi connectivity index (χ2v) is 10.2. The van der Waals surface area contributed by atoms with Crippen LogP contribution < -0.4 is 10.5 Å². The predicted octanol–water partition coefficient (Wildman–Crippen LogP) is 2.63. The fourth-order valence-electron chi connectivity index (χ4n) is 2.37. The minimum Gasteiger partial charge on any atom is -0.309 e. The molecule has 0 amide bonds. The van der Waals surface area contributed by atoms with Crippen molar-refractivity contribution in [2.24, 2.45) is 5.14 Å². The maximum Gasteiger partial charge on any atom is 0.247 e. The third-order valence-electron chi connectivity index (χ3n) is 3.32. The van der Waals surface area contributed by atoms with Crippen molar-refractivity contribution >= 4 is 44.6 Å². The summed E-state index contributed by atoms with van der Waals surface area (Å²) in [6.07, 6.45) is 0. The molecule has 1 aliphatic rings. The molecule has 0 fully saturated rings. The van der Waals surface area contributed by atoms with Gasteiger partial charge < -0.3 is 5.32 Å². The Hall–Kier alpha value is -0.420. The lowest BCUT2D eigenvalue weighted by Gasteiger charge is -2.31. The standard InChI is InChI=1S/C13H17N3O2S4/c1-2-15-11-8-16(7-9-4-3-5-19-9)21-13-10(11)6-12(20-13)22(14,17)18/h3-6,11,15H,2,7-8H2,1H3,(H2,14,17,18). The molecule has 3 N–H and O–H groups in total. The van der Waals surface area contributed by atoms with E-state index in [1.807, 2.05) is 6.07 Å². The first-order valence-corrected chi connectivity index (χ1v) is 10.8. The normalized spacial score (nSPS) is 19.3. The molecule has 0 bridgehead atoms. The van der Waals surface area contributed by atoms with Gasteiger partial charge in [-0.1, -0.05) is 13.0 Å². The van der Waals surface area contributed by atoms with E-state index in [2.05, 4.69) is 28.0 Å². The Balaban J connectivity index is 1.88. The smallest absolute Gasteiger partial charge is 0.247 e. The Morgan fingerprint density at radius 2 is 2.32 bits per heavy atom. The molecule has 120 valence electrons. The van der Waals surface area contributed by atoms with Crippen LogP contribution in [0.5, 0.6) is 0 Å². The monoisotopic (exact) mass is 375 g/mol. The van der Waals surface area contributed by atoms with E-state index in [4.69, 9.17) is 5.14 Å². The van der Waals surface area contributed by atoms with E-state index in [0.29, 0.717) is 0 Å². The van der Waals surface area contributed by atoms with Crippen LogP contribution in [0, 0.1) is 0 Å². The number of fused-ring (bicyclic) bond motifs is 1. The summed E-state index contributed by atoms with van der Waals surface area (Å²) < 4.78 is 26.7. The van der Waals surface area contributed by atoms with Crippen LogP contribution in [0.15, 0.2) is 32.0 Å². The summed E-state index contributed by atoms with van der Waals surface area (Å²) in [5.41, 5.74) is 1.04. The van der Waals surface area contributed by atoms with Gasteiger partial charge in [-0.05, 0) is 41.6 Å². The number of nitrogens with zero attached hydrogens (tertiary/aromatic N) is 1. The maximum absolute atomic E-state index is 11.6. The van der Waals surface area contributed by atoms with Crippen LogP contribution in [0.3, 0.4) is 0 Å². The number of nitrogens with two attached hydrogens (primary N) is 1. The Kier molecular flexibility index (Phi) is 4.93. The maximum atomic E-state index is 11.6. The van der Waals surface area contributed by atoms with Gasteiger partial charge >= 0.3 is 0 Å². The number of primary sulfonamides is 1. The zero-order valence-corrected chi connectivity index (χ0v) is 15.2. The van der Waals surface area contributed by atoms with Gasteiger partial charge in [-0.3, -0.25) is 0 Å². The van der Waals surface area contributed by atoms with Crippen LogP contribution in [0.1, 0.15) is 23.4 Å². The van der Waals surface area contributed by atoms with E-state index in [9.17, 15) is 8.42 Å². The Bertz CT molecular complexity index is 739. The minimum absolute atomic E-state index is 0.132. The molecular weight excluding hydrogens is 358 g/mol. The molecular formula is C13H17N3O2S4. The number of hydrogen-bond acceptors (Lipinski definition) is 7. The van der Waals surface area contributed by atoms with Crippen molar-refractivity contribution in [3.8, 4) is 0 Å². The largest absolute Gasteiger partial charge is 0.309 e. The highest BCUT2D eigenvalue weighted by atomic mass is 32.3. The first-order chi connectivity index (χ1) is 10.5. The number of hydrogen-bond donors (Lipinski definition) is 2. The van der Waals surface area contributed by atoms with Crippen LogP contribution in [-0.4, -0.2) is 25.8 Å². The summed E-state index contributed by atoms with van der Waals surface area (Å²) in [5, 5.41) is 10.8. The fraction of sp³-hybridized carbons (Fsp3) is 0.385. The van der Waals surface area contributed by atoms with Crippen molar-refractivity contribution in [2.75, 3.05) is 13.1 Å². The summed E-state index contributed by atoms with van der Waals surface area (Å²) in [7, 11) is -3.64. The number of nitrogens with one attached hydrogen (secondary N) is 1. The highest BCUT2D eigenvalue weighted by Crippen LogP contribution is 2.44. The second kappa shape index (κ2) is 6.60. The summed E-state index contributed by atoms with van der Waals surface area (Å²) in [6.45, 7) is 4.58. The first-order valence-electron chi connectivity index (χ1n) is 6.82. The van der Waals surface area contributed by atoms with Gasteiger partial charge in [-0.2, -0.15) is 0 Å². The van der Waals surface area contributed by atoms with E-state index < -0.39 is 10.0 Å². The Morgan fingerprint density at radius 1 is 1.50 bits per heavy atom. The lowest BCUT2D eigenvalue weighted by molar-refractivity contribution is 0.378. The Morgan fingerprint density at radius 3 is 2.95 bits per heavy atom. The number of likely N-dealkylation sites (N-methyl/N-ethyl adjacent to an activating group) is 1. The molecule has 1 aliphatic heterocycles. The van der Waals surface area contributed by atoms with Crippen molar-refractivity contribution < 1.29 is 8.42 Å². The molecule has 2 aromatic rings. The van der Waals surface area contributed by atoms with Gasteiger partial charge in [0.05, 0.1) is 4.21 Å². The van der Waals surface area contributed by atoms with Gasteiger partial charge in [-0.25, -0.2) is 17.9 Å². The first kappa shape index (κ1) is 16.4. The number of rotatable bonds is 5.